The highest BCUT2D eigenvalue weighted by molar-refractivity contribution is 8.38. The van der Waals surface area contributed by atoms with Gasteiger partial charge in [-0.05, 0) is 24.9 Å². The van der Waals surface area contributed by atoms with E-state index < -0.39 is 0 Å². The van der Waals surface area contributed by atoms with Gasteiger partial charge in [-0.1, -0.05) is 11.8 Å². The molecule has 1 heterocycles. The summed E-state index contributed by atoms with van der Waals surface area (Å²) in [4.78, 5) is 0. The van der Waals surface area contributed by atoms with Crippen LogP contribution in [0.4, 0.5) is 0 Å². The lowest BCUT2D eigenvalue weighted by molar-refractivity contribution is -0.511. The fourth-order valence-corrected chi connectivity index (χ4v) is 2.99. The molecule has 0 aromatic rings. The van der Waals surface area contributed by atoms with Crippen molar-refractivity contribution < 1.29 is 4.58 Å². The number of nitrogens with zero attached hydrogens (tertiary/aromatic N) is 1. The molecule has 0 saturated heterocycles. The summed E-state index contributed by atoms with van der Waals surface area (Å²) in [7, 11) is 0. The Hall–Kier alpha value is 0.370. The first-order valence-corrected chi connectivity index (χ1v) is 5.38. The number of hydrogen-bond acceptors (Lipinski definition) is 2. The van der Waals surface area contributed by atoms with Crippen LogP contribution in [0, 0.1) is 0 Å². The molecule has 0 amide bonds. The van der Waals surface area contributed by atoms with E-state index in [1.165, 1.54) is 23.2 Å². The molecule has 0 bridgehead atoms. The molecular formula is C6H12NS2+. The second kappa shape index (κ2) is 3.52. The Morgan fingerprint density at radius 2 is 2.56 bits per heavy atom. The summed E-state index contributed by atoms with van der Waals surface area (Å²) in [5, 5.41) is 0. The molecule has 0 fully saturated rings. The molecular weight excluding hydrogens is 150 g/mol. The second-order valence-electron chi connectivity index (χ2n) is 1.90. The summed E-state index contributed by atoms with van der Waals surface area (Å²) < 4.78 is 3.92. The predicted molar refractivity (Wildman–Crippen MR) is 46.6 cm³/mol. The van der Waals surface area contributed by atoms with E-state index in [9.17, 15) is 0 Å². The number of rotatable bonds is 1. The molecule has 0 radical (unpaired) electrons. The molecule has 0 saturated carbocycles. The summed E-state index contributed by atoms with van der Waals surface area (Å²) in [6.45, 7) is 4.63. The first kappa shape index (κ1) is 7.48. The first-order chi connectivity index (χ1) is 4.38. The van der Waals surface area contributed by atoms with Gasteiger partial charge in [0.05, 0.1) is 5.75 Å². The summed E-state index contributed by atoms with van der Waals surface area (Å²) in [5.74, 6) is 1.28. The molecule has 1 aliphatic heterocycles. The quantitative estimate of drug-likeness (QED) is 0.537. The lowest BCUT2D eigenvalue weighted by Crippen LogP contribution is -2.11. The molecule has 0 atom stereocenters. The summed E-state index contributed by atoms with van der Waals surface area (Å²) in [6, 6.07) is 0. The van der Waals surface area contributed by atoms with Crippen LogP contribution in [0.15, 0.2) is 0 Å². The summed E-state index contributed by atoms with van der Waals surface area (Å²) in [6.07, 6.45) is 2.15. The van der Waals surface area contributed by atoms with E-state index in [1.807, 2.05) is 23.5 Å². The number of hydrogen-bond donors (Lipinski definition) is 0. The Morgan fingerprint density at radius 3 is 3.00 bits per heavy atom. The molecule has 1 rings (SSSR count). The monoisotopic (exact) mass is 162 g/mol. The fourth-order valence-electron chi connectivity index (χ4n) is 0.901. The standard InChI is InChI=1S/C6H12NS2/c1-3-7-4-5-9-6(7)8-2/h3-5H2,1-2H3/q+1. The van der Waals surface area contributed by atoms with E-state index in [1.54, 1.807) is 0 Å². The smallest absolute Gasteiger partial charge is 0.218 e. The molecule has 0 aromatic heterocycles. The lowest BCUT2D eigenvalue weighted by atomic mass is 10.6. The first-order valence-electron chi connectivity index (χ1n) is 3.17. The fraction of sp³-hybridized carbons (Fsp3) is 0.833. The van der Waals surface area contributed by atoms with Crippen LogP contribution in [0.1, 0.15) is 6.92 Å². The molecule has 0 unspecified atom stereocenters. The Morgan fingerprint density at radius 1 is 1.78 bits per heavy atom. The molecule has 52 valence electrons. The Bertz CT molecular complexity index is 117. The van der Waals surface area contributed by atoms with Crippen molar-refractivity contribution in [3.05, 3.63) is 0 Å². The summed E-state index contributed by atoms with van der Waals surface area (Å²) >= 11 is 3.85. The van der Waals surface area contributed by atoms with Gasteiger partial charge in [0.25, 0.3) is 4.38 Å². The van der Waals surface area contributed by atoms with Gasteiger partial charge in [-0.2, -0.15) is 0 Å². The average molecular weight is 162 g/mol. The molecule has 1 nitrogen and oxygen atoms in total. The highest BCUT2D eigenvalue weighted by Crippen LogP contribution is 2.18. The zero-order valence-corrected chi connectivity index (χ0v) is 7.52. The van der Waals surface area contributed by atoms with Crippen LogP contribution in [0.3, 0.4) is 0 Å². The van der Waals surface area contributed by atoms with Gasteiger partial charge >= 0.3 is 0 Å². The van der Waals surface area contributed by atoms with Gasteiger partial charge in [-0.3, -0.25) is 0 Å². The van der Waals surface area contributed by atoms with E-state index >= 15 is 0 Å². The van der Waals surface area contributed by atoms with Crippen LogP contribution in [0.2, 0.25) is 0 Å². The molecule has 0 N–H and O–H groups in total. The zero-order valence-electron chi connectivity index (χ0n) is 5.89. The lowest BCUT2D eigenvalue weighted by Gasteiger charge is -1.91. The van der Waals surface area contributed by atoms with Crippen molar-refractivity contribution in [3.8, 4) is 0 Å². The minimum absolute atomic E-state index is 1.17. The van der Waals surface area contributed by atoms with Gasteiger partial charge in [0, 0.05) is 0 Å². The van der Waals surface area contributed by atoms with Gasteiger partial charge < -0.3 is 0 Å². The van der Waals surface area contributed by atoms with Gasteiger partial charge in [-0.15, -0.1) is 0 Å². The van der Waals surface area contributed by atoms with Crippen molar-refractivity contribution in [1.29, 1.82) is 0 Å². The highest BCUT2D eigenvalue weighted by Gasteiger charge is 2.19. The predicted octanol–water partition coefficient (Wildman–Crippen LogP) is 1.48. The van der Waals surface area contributed by atoms with Crippen molar-refractivity contribution in [1.82, 2.24) is 0 Å². The van der Waals surface area contributed by atoms with Gasteiger partial charge in [-0.25, -0.2) is 4.58 Å². The second-order valence-corrected chi connectivity index (χ2v) is 4.04. The third-order valence-electron chi connectivity index (χ3n) is 1.40. The molecule has 0 aliphatic carbocycles. The van der Waals surface area contributed by atoms with Gasteiger partial charge in [0.2, 0.25) is 0 Å². The van der Waals surface area contributed by atoms with Crippen LogP contribution in [0.25, 0.3) is 0 Å². The van der Waals surface area contributed by atoms with Crippen molar-refractivity contribution >= 4 is 27.9 Å². The third kappa shape index (κ3) is 1.64. The minimum atomic E-state index is 1.17. The van der Waals surface area contributed by atoms with Crippen LogP contribution >= 0.6 is 23.5 Å². The maximum atomic E-state index is 2.43. The molecule has 0 aromatic carbocycles. The third-order valence-corrected chi connectivity index (χ3v) is 3.75. The van der Waals surface area contributed by atoms with Gasteiger partial charge in [0.1, 0.15) is 6.54 Å². The van der Waals surface area contributed by atoms with Crippen molar-refractivity contribution in [3.63, 3.8) is 0 Å². The topological polar surface area (TPSA) is 3.01 Å². The molecule has 1 aliphatic rings. The Labute approximate surface area is 64.9 Å². The SMILES string of the molecule is CC[N+]1=C(SC)SCC1. The van der Waals surface area contributed by atoms with E-state index in [-0.39, 0.29) is 0 Å². The van der Waals surface area contributed by atoms with E-state index in [4.69, 9.17) is 0 Å². The van der Waals surface area contributed by atoms with Crippen LogP contribution in [-0.2, 0) is 0 Å². The molecule has 3 heteroatoms. The van der Waals surface area contributed by atoms with E-state index in [0.717, 1.165) is 0 Å². The maximum absolute atomic E-state index is 2.43. The average Bonchev–Trinajstić information content (AvgIpc) is 2.33. The Balaban J connectivity index is 2.59. The number of thioether (sulfide) groups is 2. The zero-order chi connectivity index (χ0) is 6.69. The van der Waals surface area contributed by atoms with Crippen LogP contribution < -0.4 is 0 Å². The van der Waals surface area contributed by atoms with Crippen LogP contribution in [-0.4, -0.2) is 34.0 Å². The van der Waals surface area contributed by atoms with E-state index in [2.05, 4.69) is 17.8 Å². The maximum Gasteiger partial charge on any atom is 0.269 e. The molecule has 9 heavy (non-hydrogen) atoms. The Kier molecular flexibility index (Phi) is 2.92. The normalized spacial score (nSPS) is 19.3. The minimum Gasteiger partial charge on any atom is -0.218 e. The van der Waals surface area contributed by atoms with E-state index in [0.29, 0.717) is 0 Å². The van der Waals surface area contributed by atoms with Crippen molar-refractivity contribution in [2.24, 2.45) is 0 Å². The van der Waals surface area contributed by atoms with Gasteiger partial charge in [0.15, 0.2) is 6.54 Å². The molecule has 0 spiro atoms. The highest BCUT2D eigenvalue weighted by atomic mass is 32.2. The summed E-state index contributed by atoms with van der Waals surface area (Å²) in [5.41, 5.74) is 0. The van der Waals surface area contributed by atoms with Crippen LogP contribution in [0.5, 0.6) is 0 Å². The van der Waals surface area contributed by atoms with Crippen molar-refractivity contribution in [2.45, 2.75) is 6.92 Å². The van der Waals surface area contributed by atoms with Crippen molar-refractivity contribution in [2.75, 3.05) is 25.1 Å². The largest absolute Gasteiger partial charge is 0.269 e.